The summed E-state index contributed by atoms with van der Waals surface area (Å²) in [4.78, 5) is 35.5. The molecule has 2 aliphatic rings. The molecule has 7 nitrogen and oxygen atoms in total. The predicted molar refractivity (Wildman–Crippen MR) is 124 cm³/mol. The Morgan fingerprint density at radius 1 is 1.03 bits per heavy atom. The van der Waals surface area contributed by atoms with Crippen LogP contribution < -0.4 is 10.6 Å². The number of ether oxygens (including phenoxy) is 1. The molecule has 0 saturated heterocycles. The number of rotatable bonds is 7. The lowest BCUT2D eigenvalue weighted by molar-refractivity contribution is -0.132. The Morgan fingerprint density at radius 2 is 1.67 bits per heavy atom. The topological polar surface area (TPSA) is 105 Å². The van der Waals surface area contributed by atoms with Gasteiger partial charge in [0.05, 0.1) is 12.0 Å². The van der Waals surface area contributed by atoms with E-state index in [1.807, 2.05) is 24.3 Å². The molecule has 2 aromatic carbocycles. The minimum absolute atomic E-state index is 0.0110. The van der Waals surface area contributed by atoms with Crippen molar-refractivity contribution in [2.75, 3.05) is 13.2 Å². The number of hydrogen-bond donors (Lipinski definition) is 3. The van der Waals surface area contributed by atoms with Crippen molar-refractivity contribution in [1.82, 2.24) is 10.6 Å². The highest BCUT2D eigenvalue weighted by atomic mass is 16.5. The van der Waals surface area contributed by atoms with Gasteiger partial charge in [0, 0.05) is 18.0 Å². The smallest absolute Gasteiger partial charge is 0.407 e. The van der Waals surface area contributed by atoms with Gasteiger partial charge in [0.2, 0.25) is 5.91 Å². The number of carbonyl (C=O) groups excluding carboxylic acids is 2. The van der Waals surface area contributed by atoms with Crippen LogP contribution in [0.15, 0.2) is 72.3 Å². The van der Waals surface area contributed by atoms with E-state index in [2.05, 4.69) is 34.9 Å². The summed E-state index contributed by atoms with van der Waals surface area (Å²) in [5.41, 5.74) is 4.81. The molecule has 7 heteroatoms. The molecule has 2 amide bonds. The van der Waals surface area contributed by atoms with E-state index in [1.165, 1.54) is 24.1 Å². The summed E-state index contributed by atoms with van der Waals surface area (Å²) in [5.74, 6) is -1.62. The lowest BCUT2D eigenvalue weighted by Crippen LogP contribution is -2.36. The number of alkyl carbamates (subject to hydrolysis) is 1. The molecule has 0 radical (unpaired) electrons. The fourth-order valence-electron chi connectivity index (χ4n) is 4.32. The first-order chi connectivity index (χ1) is 15.9. The second-order valence-electron chi connectivity index (χ2n) is 8.24. The average molecular weight is 447 g/mol. The maximum Gasteiger partial charge on any atom is 0.407 e. The predicted octanol–water partition coefficient (Wildman–Crippen LogP) is 3.62. The molecule has 0 fully saturated rings. The van der Waals surface area contributed by atoms with E-state index in [-0.39, 0.29) is 42.5 Å². The first-order valence-corrected chi connectivity index (χ1v) is 10.9. The van der Waals surface area contributed by atoms with Gasteiger partial charge in [0.25, 0.3) is 0 Å². The first-order valence-electron chi connectivity index (χ1n) is 10.9. The van der Waals surface area contributed by atoms with Crippen molar-refractivity contribution >= 4 is 18.0 Å². The molecule has 2 aliphatic carbocycles. The Balaban J connectivity index is 1.27. The fourth-order valence-corrected chi connectivity index (χ4v) is 4.32. The highest BCUT2D eigenvalue weighted by Gasteiger charge is 2.30. The number of amides is 2. The number of nitrogens with one attached hydrogen (secondary N) is 2. The molecule has 4 rings (SSSR count). The molecule has 0 heterocycles. The number of aliphatic carboxylic acids is 1. The van der Waals surface area contributed by atoms with Crippen molar-refractivity contribution in [2.24, 2.45) is 5.92 Å². The van der Waals surface area contributed by atoms with E-state index in [0.29, 0.717) is 6.42 Å². The molecule has 0 bridgehead atoms. The van der Waals surface area contributed by atoms with Gasteiger partial charge in [-0.25, -0.2) is 9.59 Å². The van der Waals surface area contributed by atoms with Crippen LogP contribution in [0.25, 0.3) is 11.1 Å². The lowest BCUT2D eigenvalue weighted by Gasteiger charge is -2.17. The maximum absolute atomic E-state index is 12.4. The normalized spacial score (nSPS) is 19.0. The fraction of sp³-hybridized carbons (Fsp3) is 0.269. The van der Waals surface area contributed by atoms with Crippen molar-refractivity contribution in [1.29, 1.82) is 0 Å². The molecule has 0 spiro atoms. The second-order valence-corrected chi connectivity index (χ2v) is 8.24. The molecule has 0 saturated carbocycles. The molecule has 170 valence electrons. The van der Waals surface area contributed by atoms with Crippen molar-refractivity contribution in [3.63, 3.8) is 0 Å². The lowest BCUT2D eigenvalue weighted by atomic mass is 9.98. The third-order valence-corrected chi connectivity index (χ3v) is 6.09. The zero-order chi connectivity index (χ0) is 23.4. The van der Waals surface area contributed by atoms with Crippen LogP contribution in [0, 0.1) is 5.92 Å². The quantitative estimate of drug-likeness (QED) is 0.445. The number of benzene rings is 2. The first kappa shape index (κ1) is 22.3. The van der Waals surface area contributed by atoms with Crippen LogP contribution in [0.1, 0.15) is 30.4 Å². The monoisotopic (exact) mass is 446 g/mol. The Hall–Kier alpha value is -3.87. The van der Waals surface area contributed by atoms with Gasteiger partial charge in [-0.1, -0.05) is 66.8 Å². The molecule has 3 N–H and O–H groups in total. The van der Waals surface area contributed by atoms with Gasteiger partial charge in [-0.15, -0.1) is 0 Å². The highest BCUT2D eigenvalue weighted by molar-refractivity contribution is 5.86. The van der Waals surface area contributed by atoms with Crippen molar-refractivity contribution in [2.45, 2.75) is 25.3 Å². The SMILES string of the molecule is C/C(=C\CNC(=O)C1C=CC(NC(=O)OCC2c3ccccc3-c3ccccc32)C1)C(=O)O. The van der Waals surface area contributed by atoms with Crippen molar-refractivity contribution in [3.8, 4) is 11.1 Å². The number of fused-ring (bicyclic) bond motifs is 3. The van der Waals surface area contributed by atoms with Crippen LogP contribution in [0.5, 0.6) is 0 Å². The van der Waals surface area contributed by atoms with Crippen LogP contribution in [0.4, 0.5) is 4.79 Å². The van der Waals surface area contributed by atoms with E-state index >= 15 is 0 Å². The summed E-state index contributed by atoms with van der Waals surface area (Å²) in [6.45, 7) is 1.85. The number of carboxylic acids is 1. The van der Waals surface area contributed by atoms with E-state index in [9.17, 15) is 14.4 Å². The molecular formula is C26H26N2O5. The van der Waals surface area contributed by atoms with Gasteiger partial charge in [-0.2, -0.15) is 0 Å². The summed E-state index contributed by atoms with van der Waals surface area (Å²) in [7, 11) is 0. The molecule has 0 aromatic heterocycles. The minimum atomic E-state index is -1.02. The van der Waals surface area contributed by atoms with Gasteiger partial charge in [0.15, 0.2) is 0 Å². The molecule has 2 atom stereocenters. The van der Waals surface area contributed by atoms with E-state index in [4.69, 9.17) is 9.84 Å². The number of carboxylic acid groups (broad SMARTS) is 1. The Morgan fingerprint density at radius 3 is 2.30 bits per heavy atom. The van der Waals surface area contributed by atoms with E-state index in [0.717, 1.165) is 11.1 Å². The summed E-state index contributed by atoms with van der Waals surface area (Å²) in [6, 6.07) is 16.0. The number of hydrogen-bond acceptors (Lipinski definition) is 4. The summed E-state index contributed by atoms with van der Waals surface area (Å²) in [6.07, 6.45) is 4.89. The van der Waals surface area contributed by atoms with E-state index in [1.54, 1.807) is 12.2 Å². The minimum Gasteiger partial charge on any atom is -0.478 e. The van der Waals surface area contributed by atoms with Gasteiger partial charge in [-0.05, 0) is 35.6 Å². The molecule has 33 heavy (non-hydrogen) atoms. The second kappa shape index (κ2) is 9.73. The third kappa shape index (κ3) is 4.98. The zero-order valence-corrected chi connectivity index (χ0v) is 18.3. The van der Waals surface area contributed by atoms with Gasteiger partial charge in [-0.3, -0.25) is 4.79 Å². The van der Waals surface area contributed by atoms with Gasteiger partial charge >= 0.3 is 12.1 Å². The average Bonchev–Trinajstić information content (AvgIpc) is 3.40. The Kier molecular flexibility index (Phi) is 6.58. The molecule has 2 aromatic rings. The highest BCUT2D eigenvalue weighted by Crippen LogP contribution is 2.44. The standard InChI is InChI=1S/C26H26N2O5/c1-16(25(30)31)12-13-27-24(29)17-10-11-18(14-17)28-26(32)33-15-23-21-8-4-2-6-19(21)20-7-3-5-9-22(20)23/h2-12,17-18,23H,13-15H2,1H3,(H,27,29)(H,28,32)(H,30,31)/b16-12+. The van der Waals surface area contributed by atoms with Crippen LogP contribution in [0.3, 0.4) is 0 Å². The molecule has 0 aliphatic heterocycles. The molecule has 2 unspecified atom stereocenters. The summed E-state index contributed by atoms with van der Waals surface area (Å²) < 4.78 is 5.56. The van der Waals surface area contributed by atoms with Crippen LogP contribution in [-0.4, -0.2) is 42.3 Å². The summed E-state index contributed by atoms with van der Waals surface area (Å²) >= 11 is 0. The van der Waals surface area contributed by atoms with Crippen molar-refractivity contribution in [3.05, 3.63) is 83.5 Å². The molecular weight excluding hydrogens is 420 g/mol. The third-order valence-electron chi connectivity index (χ3n) is 6.09. The van der Waals surface area contributed by atoms with Crippen molar-refractivity contribution < 1.29 is 24.2 Å². The van der Waals surface area contributed by atoms with Gasteiger partial charge in [0.1, 0.15) is 6.61 Å². The van der Waals surface area contributed by atoms with Crippen LogP contribution >= 0.6 is 0 Å². The Bertz CT molecular complexity index is 1090. The Labute approximate surface area is 192 Å². The van der Waals surface area contributed by atoms with Crippen LogP contribution in [-0.2, 0) is 14.3 Å². The largest absolute Gasteiger partial charge is 0.478 e. The maximum atomic E-state index is 12.4. The summed E-state index contributed by atoms with van der Waals surface area (Å²) in [5, 5.41) is 14.3. The van der Waals surface area contributed by atoms with Gasteiger partial charge < -0.3 is 20.5 Å². The zero-order valence-electron chi connectivity index (χ0n) is 18.3. The number of carbonyl (C=O) groups is 3. The van der Waals surface area contributed by atoms with E-state index < -0.39 is 12.1 Å². The van der Waals surface area contributed by atoms with Crippen LogP contribution in [0.2, 0.25) is 0 Å².